The maximum Gasteiger partial charge on any atom is 0.245 e. The largest absolute Gasteiger partial charge is 0.393 e. The molecule has 0 aromatic carbocycles. The standard InChI is InChI=1S/C23H45N3O5/c1-14(2)21(24-7)23(31)25(8)18(6)22(30)26(9)20(13-27)15(3)10-19(11-16(4)28)12-17(5)29/h13-21,24,28-29H,10-12H2,1-9H3/t15-,16?,17?,18-,19?,20+,21-/m0/s1/i20D. The van der Waals surface area contributed by atoms with Gasteiger partial charge in [-0.15, -0.1) is 0 Å². The van der Waals surface area contributed by atoms with E-state index in [0.717, 1.165) is 4.90 Å². The summed E-state index contributed by atoms with van der Waals surface area (Å²) >= 11 is 0. The molecule has 0 aromatic rings. The highest BCUT2D eigenvalue weighted by molar-refractivity contribution is 5.90. The Bertz CT molecular complexity index is 606. The first-order valence-electron chi connectivity index (χ1n) is 11.7. The number of hydrogen-bond donors (Lipinski definition) is 3. The third-order valence-corrected chi connectivity index (χ3v) is 5.91. The van der Waals surface area contributed by atoms with E-state index < -0.39 is 42.1 Å². The summed E-state index contributed by atoms with van der Waals surface area (Å²) in [6.07, 6.45) is 0.529. The van der Waals surface area contributed by atoms with Gasteiger partial charge < -0.3 is 30.1 Å². The van der Waals surface area contributed by atoms with E-state index in [0.29, 0.717) is 25.5 Å². The normalized spacial score (nSPS) is 19.9. The molecule has 0 saturated heterocycles. The number of hydrogen-bond acceptors (Lipinski definition) is 6. The summed E-state index contributed by atoms with van der Waals surface area (Å²) in [5, 5.41) is 22.5. The fraction of sp³-hybridized carbons (Fsp3) is 0.870. The van der Waals surface area contributed by atoms with Gasteiger partial charge in [-0.1, -0.05) is 20.8 Å². The van der Waals surface area contributed by atoms with E-state index in [1.807, 2.05) is 13.8 Å². The Morgan fingerprint density at radius 3 is 1.77 bits per heavy atom. The van der Waals surface area contributed by atoms with E-state index in [2.05, 4.69) is 5.32 Å². The van der Waals surface area contributed by atoms with Crippen LogP contribution in [0.15, 0.2) is 0 Å². The van der Waals surface area contributed by atoms with E-state index in [-0.39, 0.29) is 17.7 Å². The molecule has 0 bridgehead atoms. The molecule has 3 N–H and O–H groups in total. The van der Waals surface area contributed by atoms with Crippen LogP contribution < -0.4 is 5.32 Å². The van der Waals surface area contributed by atoms with Crippen LogP contribution in [0, 0.1) is 17.8 Å². The number of carbonyl (C=O) groups excluding carboxylic acids is 3. The summed E-state index contributed by atoms with van der Waals surface area (Å²) < 4.78 is 8.80. The number of aliphatic hydroxyl groups excluding tert-OH is 2. The smallest absolute Gasteiger partial charge is 0.245 e. The Labute approximate surface area is 189 Å². The first kappa shape index (κ1) is 27.5. The zero-order chi connectivity index (χ0) is 25.4. The van der Waals surface area contributed by atoms with Crippen LogP contribution in [-0.4, -0.2) is 89.6 Å². The molecule has 0 saturated carbocycles. The zero-order valence-electron chi connectivity index (χ0n) is 21.8. The van der Waals surface area contributed by atoms with Crippen LogP contribution in [0.1, 0.15) is 62.2 Å². The minimum Gasteiger partial charge on any atom is -0.393 e. The molecule has 182 valence electrons. The summed E-state index contributed by atoms with van der Waals surface area (Å²) in [4.78, 5) is 40.5. The molecule has 0 aliphatic carbocycles. The Hall–Kier alpha value is -1.51. The number of aliphatic hydroxyl groups is 2. The van der Waals surface area contributed by atoms with Crippen LogP contribution in [0.4, 0.5) is 0 Å². The number of aldehydes is 1. The summed E-state index contributed by atoms with van der Waals surface area (Å²) in [7, 11) is 4.64. The average Bonchev–Trinajstić information content (AvgIpc) is 2.69. The number of carbonyl (C=O) groups is 3. The van der Waals surface area contributed by atoms with Crippen molar-refractivity contribution >= 4 is 18.1 Å². The number of likely N-dealkylation sites (N-methyl/N-ethyl adjacent to an activating group) is 3. The van der Waals surface area contributed by atoms with Crippen molar-refractivity contribution in [3.8, 4) is 0 Å². The third kappa shape index (κ3) is 9.25. The lowest BCUT2D eigenvalue weighted by molar-refractivity contribution is -0.147. The minimum atomic E-state index is -1.84. The highest BCUT2D eigenvalue weighted by Gasteiger charge is 2.34. The van der Waals surface area contributed by atoms with Crippen molar-refractivity contribution in [2.24, 2.45) is 17.8 Å². The van der Waals surface area contributed by atoms with Crippen molar-refractivity contribution in [1.82, 2.24) is 15.1 Å². The van der Waals surface area contributed by atoms with Crippen LogP contribution in [-0.2, 0) is 14.4 Å². The van der Waals surface area contributed by atoms with E-state index >= 15 is 0 Å². The fourth-order valence-corrected chi connectivity index (χ4v) is 4.13. The van der Waals surface area contributed by atoms with Crippen LogP contribution in [0.25, 0.3) is 0 Å². The monoisotopic (exact) mass is 444 g/mol. The summed E-state index contributed by atoms with van der Waals surface area (Å²) in [6, 6.07) is -3.15. The van der Waals surface area contributed by atoms with Crippen molar-refractivity contribution < 1.29 is 26.0 Å². The van der Waals surface area contributed by atoms with Gasteiger partial charge in [0.1, 0.15) is 12.3 Å². The predicted octanol–water partition coefficient (Wildman–Crippen LogP) is 1.29. The quantitative estimate of drug-likeness (QED) is 0.348. The second-order valence-corrected chi connectivity index (χ2v) is 9.25. The van der Waals surface area contributed by atoms with E-state index in [4.69, 9.17) is 1.37 Å². The number of nitrogens with one attached hydrogen (secondary N) is 1. The summed E-state index contributed by atoms with van der Waals surface area (Å²) in [6.45, 7) is 10.4. The molecule has 2 unspecified atom stereocenters. The molecule has 0 rings (SSSR count). The number of rotatable bonds is 14. The minimum absolute atomic E-state index is 0.0278. The second-order valence-electron chi connectivity index (χ2n) is 9.25. The van der Waals surface area contributed by atoms with E-state index in [1.165, 1.54) is 11.9 Å². The van der Waals surface area contributed by atoms with Crippen LogP contribution >= 0.6 is 0 Å². The second kappa shape index (κ2) is 13.8. The number of amides is 2. The lowest BCUT2D eigenvalue weighted by Crippen LogP contribution is -2.55. The predicted molar refractivity (Wildman–Crippen MR) is 122 cm³/mol. The topological polar surface area (TPSA) is 110 Å². The summed E-state index contributed by atoms with van der Waals surface area (Å²) in [5.74, 6) is -1.37. The van der Waals surface area contributed by atoms with Crippen LogP contribution in [0.5, 0.6) is 0 Å². The van der Waals surface area contributed by atoms with E-state index in [9.17, 15) is 24.6 Å². The highest BCUT2D eigenvalue weighted by Crippen LogP contribution is 2.26. The molecule has 0 aliphatic heterocycles. The Balaban J connectivity index is 5.59. The van der Waals surface area contributed by atoms with Gasteiger partial charge in [0.2, 0.25) is 11.8 Å². The van der Waals surface area contributed by atoms with Crippen molar-refractivity contribution in [3.05, 3.63) is 0 Å². The Kier molecular flexibility index (Phi) is 12.3. The van der Waals surface area contributed by atoms with Gasteiger partial charge in [-0.25, -0.2) is 0 Å². The molecule has 8 nitrogen and oxygen atoms in total. The maximum absolute atomic E-state index is 13.2. The van der Waals surface area contributed by atoms with Gasteiger partial charge in [-0.2, -0.15) is 0 Å². The first-order chi connectivity index (χ1) is 14.6. The Morgan fingerprint density at radius 2 is 1.42 bits per heavy atom. The van der Waals surface area contributed by atoms with Crippen molar-refractivity contribution in [2.45, 2.75) is 91.1 Å². The zero-order valence-corrected chi connectivity index (χ0v) is 20.8. The van der Waals surface area contributed by atoms with Crippen LogP contribution in [0.2, 0.25) is 0 Å². The molecule has 8 heteroatoms. The Morgan fingerprint density at radius 1 is 0.935 bits per heavy atom. The molecule has 31 heavy (non-hydrogen) atoms. The average molecular weight is 445 g/mol. The third-order valence-electron chi connectivity index (χ3n) is 5.91. The fourth-order valence-electron chi connectivity index (χ4n) is 4.13. The first-order valence-corrected chi connectivity index (χ1v) is 11.2. The van der Waals surface area contributed by atoms with Gasteiger partial charge in [0.15, 0.2) is 0 Å². The summed E-state index contributed by atoms with van der Waals surface area (Å²) in [5.41, 5.74) is 0. The molecule has 0 aromatic heterocycles. The van der Waals surface area contributed by atoms with Gasteiger partial charge in [0.25, 0.3) is 0 Å². The lowest BCUT2D eigenvalue weighted by atomic mass is 9.84. The molecule has 0 heterocycles. The van der Waals surface area contributed by atoms with Crippen molar-refractivity contribution in [3.63, 3.8) is 0 Å². The lowest BCUT2D eigenvalue weighted by Gasteiger charge is -2.36. The van der Waals surface area contributed by atoms with Gasteiger partial charge in [-0.3, -0.25) is 9.59 Å². The van der Waals surface area contributed by atoms with Gasteiger partial charge in [-0.05, 0) is 64.8 Å². The maximum atomic E-state index is 13.2. The molecule has 0 aliphatic rings. The van der Waals surface area contributed by atoms with Crippen molar-refractivity contribution in [2.75, 3.05) is 21.1 Å². The number of nitrogens with zero attached hydrogens (tertiary/aromatic N) is 2. The molecule has 0 fully saturated rings. The molecule has 0 spiro atoms. The van der Waals surface area contributed by atoms with Gasteiger partial charge in [0, 0.05) is 14.1 Å². The molecule has 0 radical (unpaired) electrons. The van der Waals surface area contributed by atoms with Gasteiger partial charge >= 0.3 is 0 Å². The van der Waals surface area contributed by atoms with Gasteiger partial charge in [0.05, 0.1) is 25.6 Å². The van der Waals surface area contributed by atoms with Crippen molar-refractivity contribution in [1.29, 1.82) is 0 Å². The van der Waals surface area contributed by atoms with Crippen LogP contribution in [0.3, 0.4) is 0 Å². The molecular formula is C23H45N3O5. The van der Waals surface area contributed by atoms with E-state index in [1.54, 1.807) is 41.8 Å². The molecule has 6 atom stereocenters. The SMILES string of the molecule is [2H][C@@](C=O)([C@@H](C)CC(CC(C)O)CC(C)O)N(C)C(=O)[C@H](C)N(C)C(=O)[C@@H](NC)C(C)C. The molecule has 2 amide bonds. The highest BCUT2D eigenvalue weighted by atomic mass is 16.3. The molecular weight excluding hydrogens is 398 g/mol.